The van der Waals surface area contributed by atoms with Crippen LogP contribution in [0.2, 0.25) is 0 Å². The molecule has 5 heteroatoms. The van der Waals surface area contributed by atoms with Crippen molar-refractivity contribution in [3.63, 3.8) is 0 Å². The van der Waals surface area contributed by atoms with Gasteiger partial charge in [0.2, 0.25) is 0 Å². The quantitative estimate of drug-likeness (QED) is 0.704. The van der Waals surface area contributed by atoms with Gasteiger partial charge in [-0.3, -0.25) is 0 Å². The van der Waals surface area contributed by atoms with Gasteiger partial charge in [0.25, 0.3) is 0 Å². The summed E-state index contributed by atoms with van der Waals surface area (Å²) in [5.41, 5.74) is 1.71. The molecule has 0 spiro atoms. The Balaban J connectivity index is 2.36. The predicted molar refractivity (Wildman–Crippen MR) is 78.8 cm³/mol. The first-order valence-electron chi connectivity index (χ1n) is 6.68. The zero-order valence-corrected chi connectivity index (χ0v) is 11.7. The lowest BCUT2D eigenvalue weighted by Gasteiger charge is -2.14. The normalized spacial score (nSPS) is 11.4. The Kier molecular flexibility index (Phi) is 3.05. The van der Waals surface area contributed by atoms with Crippen LogP contribution in [0.1, 0.15) is 19.9 Å². The topological polar surface area (TPSA) is 58.3 Å². The molecule has 0 saturated carbocycles. The van der Waals surface area contributed by atoms with E-state index in [1.807, 2.05) is 18.4 Å². The van der Waals surface area contributed by atoms with E-state index in [9.17, 15) is 14.6 Å². The van der Waals surface area contributed by atoms with Crippen LogP contribution in [0.15, 0.2) is 36.4 Å². The molecule has 1 aromatic heterocycles. The fraction of sp³-hybridized carbons (Fsp3) is 0.188. The maximum atomic E-state index is 13.4. The fourth-order valence-corrected chi connectivity index (χ4v) is 2.50. The highest BCUT2D eigenvalue weighted by atomic mass is 19.1. The Hall–Kier alpha value is -2.56. The highest BCUT2D eigenvalue weighted by Gasteiger charge is 2.19. The summed E-state index contributed by atoms with van der Waals surface area (Å²) in [6.45, 7) is 3.96. The molecule has 3 rings (SSSR count). The second-order valence-corrected chi connectivity index (χ2v) is 5.21. The first kappa shape index (κ1) is 13.4. The van der Waals surface area contributed by atoms with Crippen molar-refractivity contribution < 1.29 is 14.6 Å². The molecule has 0 unspecified atom stereocenters. The van der Waals surface area contributed by atoms with Gasteiger partial charge in [0.05, 0.1) is 16.6 Å². The first-order valence-corrected chi connectivity index (χ1v) is 6.68. The van der Waals surface area contributed by atoms with Crippen LogP contribution >= 0.6 is 0 Å². The van der Waals surface area contributed by atoms with Crippen molar-refractivity contribution in [3.8, 4) is 22.9 Å². The number of imidazole rings is 1. The van der Waals surface area contributed by atoms with Gasteiger partial charge >= 0.3 is 0 Å². The Morgan fingerprint density at radius 3 is 2.62 bits per heavy atom. The summed E-state index contributed by atoms with van der Waals surface area (Å²) in [7, 11) is 0. The summed E-state index contributed by atoms with van der Waals surface area (Å²) in [4.78, 5) is 4.42. The van der Waals surface area contributed by atoms with E-state index in [0.29, 0.717) is 16.9 Å². The zero-order valence-electron chi connectivity index (χ0n) is 11.7. The van der Waals surface area contributed by atoms with Gasteiger partial charge in [0.1, 0.15) is 11.6 Å². The van der Waals surface area contributed by atoms with Crippen molar-refractivity contribution in [3.05, 3.63) is 42.2 Å². The molecular formula is C16H15FN2O2. The van der Waals surface area contributed by atoms with Crippen molar-refractivity contribution in [1.82, 2.24) is 9.55 Å². The van der Waals surface area contributed by atoms with E-state index >= 15 is 0 Å². The zero-order chi connectivity index (χ0) is 15.1. The number of halogens is 1. The summed E-state index contributed by atoms with van der Waals surface area (Å²) in [5, 5.41) is 19.7. The van der Waals surface area contributed by atoms with Crippen molar-refractivity contribution >= 4 is 11.0 Å². The molecule has 2 N–H and O–H groups in total. The number of hydrogen-bond acceptors (Lipinski definition) is 3. The Morgan fingerprint density at radius 1 is 1.14 bits per heavy atom. The lowest BCUT2D eigenvalue weighted by Crippen LogP contribution is -2.03. The molecule has 0 radical (unpaired) electrons. The summed E-state index contributed by atoms with van der Waals surface area (Å²) in [6, 6.07) is 9.19. The minimum atomic E-state index is -0.359. The molecule has 0 bridgehead atoms. The van der Waals surface area contributed by atoms with E-state index in [0.717, 1.165) is 5.52 Å². The molecule has 0 amide bonds. The van der Waals surface area contributed by atoms with E-state index in [4.69, 9.17) is 0 Å². The number of phenols is 2. The Morgan fingerprint density at radius 2 is 1.90 bits per heavy atom. The van der Waals surface area contributed by atoms with Gasteiger partial charge in [-0.05, 0) is 38.1 Å². The average Bonchev–Trinajstić information content (AvgIpc) is 2.80. The van der Waals surface area contributed by atoms with E-state index in [-0.39, 0.29) is 23.4 Å². The molecule has 0 aliphatic rings. The second kappa shape index (κ2) is 4.77. The minimum absolute atomic E-state index is 0.0669. The Labute approximate surface area is 121 Å². The van der Waals surface area contributed by atoms with Gasteiger partial charge in [-0.25, -0.2) is 9.37 Å². The van der Waals surface area contributed by atoms with Crippen molar-refractivity contribution in [1.29, 1.82) is 0 Å². The van der Waals surface area contributed by atoms with Crippen LogP contribution in [0.4, 0.5) is 4.39 Å². The molecule has 108 valence electrons. The lowest BCUT2D eigenvalue weighted by molar-refractivity contribution is 0.404. The first-order chi connectivity index (χ1) is 9.99. The average molecular weight is 286 g/mol. The van der Waals surface area contributed by atoms with Crippen LogP contribution in [0.25, 0.3) is 22.4 Å². The molecule has 0 fully saturated rings. The van der Waals surface area contributed by atoms with Crippen molar-refractivity contribution in [2.45, 2.75) is 19.9 Å². The molecule has 4 nitrogen and oxygen atoms in total. The van der Waals surface area contributed by atoms with Gasteiger partial charge in [-0.1, -0.05) is 6.07 Å². The minimum Gasteiger partial charge on any atom is -0.504 e. The van der Waals surface area contributed by atoms with Crippen LogP contribution < -0.4 is 0 Å². The monoisotopic (exact) mass is 286 g/mol. The predicted octanol–water partition coefficient (Wildman–Crippen LogP) is 3.83. The third-order valence-corrected chi connectivity index (χ3v) is 3.42. The number of hydrogen-bond donors (Lipinski definition) is 2. The van der Waals surface area contributed by atoms with Gasteiger partial charge in [0, 0.05) is 12.1 Å². The van der Waals surface area contributed by atoms with E-state index in [2.05, 4.69) is 4.98 Å². The Bertz CT molecular complexity index is 825. The van der Waals surface area contributed by atoms with Gasteiger partial charge < -0.3 is 14.8 Å². The summed E-state index contributed by atoms with van der Waals surface area (Å²) in [5.74, 6) is -0.294. The number of fused-ring (bicyclic) bond motifs is 1. The highest BCUT2D eigenvalue weighted by molar-refractivity contribution is 5.82. The number of aromatic nitrogens is 2. The van der Waals surface area contributed by atoms with Gasteiger partial charge in [-0.15, -0.1) is 0 Å². The molecule has 0 atom stereocenters. The maximum Gasteiger partial charge on any atom is 0.168 e. The number of rotatable bonds is 2. The second-order valence-electron chi connectivity index (χ2n) is 5.21. The summed E-state index contributed by atoms with van der Waals surface area (Å²) in [6.07, 6.45) is 0. The number of phenolic OH excluding ortho intramolecular Hbond substituents is 2. The molecule has 3 aromatic rings. The summed E-state index contributed by atoms with van der Waals surface area (Å²) >= 11 is 0. The van der Waals surface area contributed by atoms with Crippen LogP contribution in [0, 0.1) is 5.82 Å². The SMILES string of the molecule is CC(C)n1c(-c2cccc(O)c2O)nc2cc(F)ccc21. The molecule has 21 heavy (non-hydrogen) atoms. The molecule has 0 aliphatic heterocycles. The molecule has 1 heterocycles. The third-order valence-electron chi connectivity index (χ3n) is 3.42. The lowest BCUT2D eigenvalue weighted by atomic mass is 10.1. The van der Waals surface area contributed by atoms with Crippen molar-refractivity contribution in [2.24, 2.45) is 0 Å². The number of benzene rings is 2. The van der Waals surface area contributed by atoms with Crippen LogP contribution in [0.3, 0.4) is 0 Å². The third kappa shape index (κ3) is 2.11. The van der Waals surface area contributed by atoms with Crippen molar-refractivity contribution in [2.75, 3.05) is 0 Å². The van der Waals surface area contributed by atoms with E-state index in [1.165, 1.54) is 18.2 Å². The number of nitrogens with zero attached hydrogens (tertiary/aromatic N) is 2. The molecule has 0 saturated heterocycles. The fourth-order valence-electron chi connectivity index (χ4n) is 2.50. The summed E-state index contributed by atoms with van der Waals surface area (Å²) < 4.78 is 15.3. The standard InChI is InChI=1S/C16H15FN2O2/c1-9(2)19-13-7-6-10(17)8-12(13)18-16(19)11-4-3-5-14(20)15(11)21/h3-9,20-21H,1-2H3. The highest BCUT2D eigenvalue weighted by Crippen LogP contribution is 2.38. The van der Waals surface area contributed by atoms with E-state index < -0.39 is 0 Å². The molecule has 2 aromatic carbocycles. The number of para-hydroxylation sites is 1. The van der Waals surface area contributed by atoms with Gasteiger partial charge in [0.15, 0.2) is 11.5 Å². The van der Waals surface area contributed by atoms with E-state index in [1.54, 1.807) is 18.2 Å². The number of aromatic hydroxyl groups is 2. The largest absolute Gasteiger partial charge is 0.504 e. The smallest absolute Gasteiger partial charge is 0.168 e. The molecule has 0 aliphatic carbocycles. The van der Waals surface area contributed by atoms with Crippen LogP contribution in [-0.2, 0) is 0 Å². The van der Waals surface area contributed by atoms with Gasteiger partial charge in [-0.2, -0.15) is 0 Å². The van der Waals surface area contributed by atoms with Crippen LogP contribution in [-0.4, -0.2) is 19.8 Å². The van der Waals surface area contributed by atoms with Crippen LogP contribution in [0.5, 0.6) is 11.5 Å². The molecular weight excluding hydrogens is 271 g/mol. The maximum absolute atomic E-state index is 13.4.